The summed E-state index contributed by atoms with van der Waals surface area (Å²) in [5.41, 5.74) is 1.80. The Hall–Kier alpha value is -0.315. The van der Waals surface area contributed by atoms with Crippen LogP contribution in [0.25, 0.3) is 0 Å². The molecule has 1 aromatic rings. The molecule has 0 aliphatic carbocycles. The predicted octanol–water partition coefficient (Wildman–Crippen LogP) is 3.87. The minimum atomic E-state index is -0.289. The standard InChI is InChI=1S/C15H22BBrO2/c1-10(2)12-9-11(7-8-13(12)17)16-18-14(3,4)15(5,6)19-16/h7-10H,1-6H3. The molecule has 1 aliphatic rings. The third kappa shape index (κ3) is 2.76. The van der Waals surface area contributed by atoms with Gasteiger partial charge in [-0.15, -0.1) is 0 Å². The summed E-state index contributed by atoms with van der Waals surface area (Å²) >= 11 is 3.60. The van der Waals surface area contributed by atoms with Crippen LogP contribution in [0.1, 0.15) is 53.0 Å². The molecule has 1 heterocycles. The fourth-order valence-corrected chi connectivity index (χ4v) is 2.83. The van der Waals surface area contributed by atoms with Crippen LogP contribution in [0.4, 0.5) is 0 Å². The van der Waals surface area contributed by atoms with E-state index < -0.39 is 0 Å². The molecule has 1 fully saturated rings. The average molecular weight is 325 g/mol. The number of halogens is 1. The molecule has 0 N–H and O–H groups in total. The third-order valence-corrected chi connectivity index (χ3v) is 4.89. The topological polar surface area (TPSA) is 18.5 Å². The molecule has 0 spiro atoms. The van der Waals surface area contributed by atoms with Gasteiger partial charge in [0.25, 0.3) is 0 Å². The Kier molecular flexibility index (Phi) is 3.89. The maximum absolute atomic E-state index is 6.09. The van der Waals surface area contributed by atoms with Gasteiger partial charge in [-0.1, -0.05) is 41.9 Å². The Balaban J connectivity index is 2.32. The van der Waals surface area contributed by atoms with Crippen molar-refractivity contribution in [2.24, 2.45) is 0 Å². The average Bonchev–Trinajstić information content (AvgIpc) is 2.48. The molecule has 0 aromatic heterocycles. The van der Waals surface area contributed by atoms with Crippen molar-refractivity contribution >= 4 is 28.5 Å². The molecule has 1 aliphatic heterocycles. The van der Waals surface area contributed by atoms with Gasteiger partial charge in [0.15, 0.2) is 0 Å². The molecule has 0 saturated carbocycles. The van der Waals surface area contributed by atoms with Crippen molar-refractivity contribution in [2.75, 3.05) is 0 Å². The maximum atomic E-state index is 6.09. The van der Waals surface area contributed by atoms with E-state index in [4.69, 9.17) is 9.31 Å². The van der Waals surface area contributed by atoms with E-state index in [0.717, 1.165) is 9.94 Å². The van der Waals surface area contributed by atoms with Crippen LogP contribution in [-0.2, 0) is 9.31 Å². The normalized spacial score (nSPS) is 21.2. The molecule has 1 saturated heterocycles. The van der Waals surface area contributed by atoms with Crippen LogP contribution in [0.15, 0.2) is 22.7 Å². The highest BCUT2D eigenvalue weighted by Crippen LogP contribution is 2.36. The molecule has 0 radical (unpaired) electrons. The van der Waals surface area contributed by atoms with E-state index >= 15 is 0 Å². The quantitative estimate of drug-likeness (QED) is 0.769. The van der Waals surface area contributed by atoms with E-state index in [9.17, 15) is 0 Å². The van der Waals surface area contributed by atoms with E-state index in [0.29, 0.717) is 5.92 Å². The third-order valence-electron chi connectivity index (χ3n) is 4.17. The van der Waals surface area contributed by atoms with Gasteiger partial charge in [0.2, 0.25) is 0 Å². The number of benzene rings is 1. The van der Waals surface area contributed by atoms with E-state index in [1.54, 1.807) is 0 Å². The largest absolute Gasteiger partial charge is 0.494 e. The van der Waals surface area contributed by atoms with Gasteiger partial charge in [0.05, 0.1) is 11.2 Å². The zero-order chi connectivity index (χ0) is 14.4. The smallest absolute Gasteiger partial charge is 0.399 e. The summed E-state index contributed by atoms with van der Waals surface area (Å²) in [4.78, 5) is 0. The molecule has 0 unspecified atom stereocenters. The highest BCUT2D eigenvalue weighted by atomic mass is 79.9. The Morgan fingerprint density at radius 3 is 2.05 bits per heavy atom. The second kappa shape index (κ2) is 4.90. The highest BCUT2D eigenvalue weighted by Gasteiger charge is 2.51. The van der Waals surface area contributed by atoms with Crippen molar-refractivity contribution in [1.29, 1.82) is 0 Å². The molecule has 2 rings (SSSR count). The van der Waals surface area contributed by atoms with Crippen LogP contribution in [0.3, 0.4) is 0 Å². The fourth-order valence-electron chi connectivity index (χ4n) is 2.13. The lowest BCUT2D eigenvalue weighted by molar-refractivity contribution is 0.00578. The van der Waals surface area contributed by atoms with Crippen LogP contribution < -0.4 is 5.46 Å². The highest BCUT2D eigenvalue weighted by molar-refractivity contribution is 9.10. The summed E-state index contributed by atoms with van der Waals surface area (Å²) in [6.07, 6.45) is 0. The fraction of sp³-hybridized carbons (Fsp3) is 0.600. The molecule has 0 bridgehead atoms. The Morgan fingerprint density at radius 1 is 1.05 bits per heavy atom. The zero-order valence-electron chi connectivity index (χ0n) is 12.6. The van der Waals surface area contributed by atoms with Crippen LogP contribution in [0.2, 0.25) is 0 Å². The molecule has 0 atom stereocenters. The Labute approximate surface area is 125 Å². The Bertz CT molecular complexity index is 467. The lowest BCUT2D eigenvalue weighted by Crippen LogP contribution is -2.41. The van der Waals surface area contributed by atoms with Crippen molar-refractivity contribution in [2.45, 2.75) is 58.7 Å². The first-order chi connectivity index (χ1) is 8.64. The van der Waals surface area contributed by atoms with Gasteiger partial charge >= 0.3 is 7.12 Å². The molecule has 19 heavy (non-hydrogen) atoms. The van der Waals surface area contributed by atoms with E-state index in [1.807, 2.05) is 0 Å². The van der Waals surface area contributed by atoms with Gasteiger partial charge in [-0.3, -0.25) is 0 Å². The lowest BCUT2D eigenvalue weighted by Gasteiger charge is -2.32. The maximum Gasteiger partial charge on any atom is 0.494 e. The van der Waals surface area contributed by atoms with Crippen molar-refractivity contribution in [1.82, 2.24) is 0 Å². The Morgan fingerprint density at radius 2 is 1.58 bits per heavy atom. The van der Waals surface area contributed by atoms with Crippen LogP contribution in [0, 0.1) is 0 Å². The van der Waals surface area contributed by atoms with Crippen molar-refractivity contribution < 1.29 is 9.31 Å². The summed E-state index contributed by atoms with van der Waals surface area (Å²) in [6, 6.07) is 6.32. The van der Waals surface area contributed by atoms with Crippen LogP contribution in [0.5, 0.6) is 0 Å². The lowest BCUT2D eigenvalue weighted by atomic mass is 9.77. The molecule has 0 amide bonds. The minimum Gasteiger partial charge on any atom is -0.399 e. The van der Waals surface area contributed by atoms with Crippen molar-refractivity contribution in [3.63, 3.8) is 0 Å². The predicted molar refractivity (Wildman–Crippen MR) is 83.9 cm³/mol. The summed E-state index contributed by atoms with van der Waals surface area (Å²) in [5.74, 6) is 0.469. The zero-order valence-corrected chi connectivity index (χ0v) is 14.2. The van der Waals surface area contributed by atoms with Crippen molar-refractivity contribution in [3.8, 4) is 0 Å². The number of hydrogen-bond donors (Lipinski definition) is 0. The van der Waals surface area contributed by atoms with Crippen molar-refractivity contribution in [3.05, 3.63) is 28.2 Å². The molecular weight excluding hydrogens is 303 g/mol. The van der Waals surface area contributed by atoms with Crippen LogP contribution >= 0.6 is 15.9 Å². The number of hydrogen-bond acceptors (Lipinski definition) is 2. The molecular formula is C15H22BBrO2. The summed E-state index contributed by atoms with van der Waals surface area (Å²) in [6.45, 7) is 12.7. The van der Waals surface area contributed by atoms with Gasteiger partial charge in [-0.05, 0) is 50.7 Å². The second-order valence-corrected chi connectivity index (χ2v) is 7.38. The summed E-state index contributed by atoms with van der Waals surface area (Å²) in [7, 11) is -0.282. The first-order valence-electron chi connectivity index (χ1n) is 6.79. The van der Waals surface area contributed by atoms with Gasteiger partial charge < -0.3 is 9.31 Å². The molecule has 4 heteroatoms. The molecule has 2 nitrogen and oxygen atoms in total. The SMILES string of the molecule is CC(C)c1cc(B2OC(C)(C)C(C)(C)O2)ccc1Br. The van der Waals surface area contributed by atoms with E-state index in [2.05, 4.69) is 75.7 Å². The minimum absolute atomic E-state index is 0.282. The van der Waals surface area contributed by atoms with Gasteiger partial charge in [-0.2, -0.15) is 0 Å². The first kappa shape index (κ1) is 15.1. The van der Waals surface area contributed by atoms with Gasteiger partial charge in [-0.25, -0.2) is 0 Å². The van der Waals surface area contributed by atoms with Gasteiger partial charge in [0.1, 0.15) is 0 Å². The monoisotopic (exact) mass is 324 g/mol. The van der Waals surface area contributed by atoms with E-state index in [-0.39, 0.29) is 18.3 Å². The summed E-state index contributed by atoms with van der Waals surface area (Å²) in [5, 5.41) is 0. The first-order valence-corrected chi connectivity index (χ1v) is 7.58. The molecule has 104 valence electrons. The summed E-state index contributed by atoms with van der Waals surface area (Å²) < 4.78 is 13.3. The number of rotatable bonds is 2. The van der Waals surface area contributed by atoms with E-state index in [1.165, 1.54) is 5.56 Å². The van der Waals surface area contributed by atoms with Crippen LogP contribution in [-0.4, -0.2) is 18.3 Å². The second-order valence-electron chi connectivity index (χ2n) is 6.52. The molecule has 1 aromatic carbocycles. The van der Waals surface area contributed by atoms with Gasteiger partial charge in [0, 0.05) is 4.47 Å².